The molecule has 1 aliphatic carbocycles. The molecule has 196 valence electrons. The summed E-state index contributed by atoms with van der Waals surface area (Å²) in [5, 5.41) is 14.2. The lowest BCUT2D eigenvalue weighted by Crippen LogP contribution is -2.51. The van der Waals surface area contributed by atoms with Crippen LogP contribution in [0.2, 0.25) is 0 Å². The van der Waals surface area contributed by atoms with E-state index in [9.17, 15) is 23.1 Å². The number of ether oxygens (including phenoxy) is 2. The quantitative estimate of drug-likeness (QED) is 0.600. The number of carbonyl (C=O) groups excluding carboxylic acids is 1. The Bertz CT molecular complexity index is 899. The molecule has 2 N–H and O–H groups in total. The SMILES string of the molecule is CCC(O)CC1(C(=O)N2CCc3ncc(C(F)(F)F)cc3C2)CCC(NC2CCOCC2OC)C1. The van der Waals surface area contributed by atoms with Gasteiger partial charge in [-0.15, -0.1) is 0 Å². The molecule has 0 bridgehead atoms. The number of aliphatic hydroxyl groups is 1. The first-order chi connectivity index (χ1) is 16.6. The van der Waals surface area contributed by atoms with Gasteiger partial charge in [0.1, 0.15) is 0 Å². The molecule has 1 aromatic heterocycles. The van der Waals surface area contributed by atoms with E-state index in [0.717, 1.165) is 25.1 Å². The van der Waals surface area contributed by atoms with Gasteiger partial charge in [0.2, 0.25) is 5.91 Å². The predicted molar refractivity (Wildman–Crippen MR) is 123 cm³/mol. The van der Waals surface area contributed by atoms with Crippen molar-refractivity contribution in [3.05, 3.63) is 29.1 Å². The lowest BCUT2D eigenvalue weighted by Gasteiger charge is -2.38. The average Bonchev–Trinajstić information content (AvgIpc) is 3.25. The molecule has 3 heterocycles. The fraction of sp³-hybridized carbons (Fsp3) is 0.760. The van der Waals surface area contributed by atoms with Crippen molar-refractivity contribution in [1.29, 1.82) is 0 Å². The second-order valence-electron chi connectivity index (χ2n) is 10.2. The van der Waals surface area contributed by atoms with Gasteiger partial charge in [-0.1, -0.05) is 6.92 Å². The standard InChI is InChI=1S/C25H36F3N3O4/c1-3-19(32)12-24(7-4-18(11-24)30-21-6-9-35-15-22(21)34-2)23(33)31-8-5-20-16(14-31)10-17(13-29-20)25(26,27)28/h10,13,18-19,21-22,30,32H,3-9,11-12,14-15H2,1-2H3. The highest BCUT2D eigenvalue weighted by molar-refractivity contribution is 5.83. The molecule has 10 heteroatoms. The number of pyridine rings is 1. The van der Waals surface area contributed by atoms with Gasteiger partial charge in [-0.3, -0.25) is 9.78 Å². The summed E-state index contributed by atoms with van der Waals surface area (Å²) in [7, 11) is 1.67. The summed E-state index contributed by atoms with van der Waals surface area (Å²) < 4.78 is 50.7. The lowest BCUT2D eigenvalue weighted by molar-refractivity contribution is -0.145. The van der Waals surface area contributed by atoms with Gasteiger partial charge < -0.3 is 24.8 Å². The highest BCUT2D eigenvalue weighted by Crippen LogP contribution is 2.45. The minimum Gasteiger partial charge on any atom is -0.393 e. The molecule has 5 unspecified atom stereocenters. The second-order valence-corrected chi connectivity index (χ2v) is 10.2. The van der Waals surface area contributed by atoms with Crippen molar-refractivity contribution in [2.24, 2.45) is 5.41 Å². The molecule has 2 aliphatic heterocycles. The number of fused-ring (bicyclic) bond motifs is 1. The summed E-state index contributed by atoms with van der Waals surface area (Å²) in [5.74, 6) is -0.0763. The number of aliphatic hydroxyl groups excluding tert-OH is 1. The van der Waals surface area contributed by atoms with Crippen LogP contribution in [-0.2, 0) is 33.4 Å². The number of methoxy groups -OCH3 is 1. The van der Waals surface area contributed by atoms with Gasteiger partial charge in [-0.25, -0.2) is 0 Å². The Hall–Kier alpha value is -1.75. The Morgan fingerprint density at radius 3 is 2.94 bits per heavy atom. The molecule has 0 radical (unpaired) electrons. The molecule has 1 saturated heterocycles. The van der Waals surface area contributed by atoms with Crippen LogP contribution >= 0.6 is 0 Å². The molecule has 4 rings (SSSR count). The van der Waals surface area contributed by atoms with Crippen molar-refractivity contribution in [3.8, 4) is 0 Å². The second kappa shape index (κ2) is 10.7. The number of nitrogens with one attached hydrogen (secondary N) is 1. The third-order valence-corrected chi connectivity index (χ3v) is 7.87. The van der Waals surface area contributed by atoms with Crippen LogP contribution in [-0.4, -0.2) is 72.1 Å². The number of hydrogen-bond acceptors (Lipinski definition) is 6. The Labute approximate surface area is 204 Å². The summed E-state index contributed by atoms with van der Waals surface area (Å²) in [6, 6.07) is 1.35. The van der Waals surface area contributed by atoms with E-state index in [0.29, 0.717) is 63.1 Å². The van der Waals surface area contributed by atoms with Crippen LogP contribution in [0.5, 0.6) is 0 Å². The lowest BCUT2D eigenvalue weighted by atomic mass is 9.78. The molecular weight excluding hydrogens is 463 g/mol. The summed E-state index contributed by atoms with van der Waals surface area (Å²) in [5.41, 5.74) is -0.479. The van der Waals surface area contributed by atoms with E-state index in [2.05, 4.69) is 10.3 Å². The smallest absolute Gasteiger partial charge is 0.393 e. The molecule has 0 aromatic carbocycles. The van der Waals surface area contributed by atoms with Crippen molar-refractivity contribution < 1.29 is 32.5 Å². The maximum atomic E-state index is 13.9. The van der Waals surface area contributed by atoms with Crippen molar-refractivity contribution in [1.82, 2.24) is 15.2 Å². The maximum absolute atomic E-state index is 13.9. The van der Waals surface area contributed by atoms with Crippen LogP contribution in [0, 0.1) is 5.41 Å². The zero-order valence-electron chi connectivity index (χ0n) is 20.4. The van der Waals surface area contributed by atoms with Crippen molar-refractivity contribution in [2.75, 3.05) is 26.9 Å². The number of rotatable bonds is 7. The van der Waals surface area contributed by atoms with Gasteiger partial charge >= 0.3 is 6.18 Å². The summed E-state index contributed by atoms with van der Waals surface area (Å²) in [6.45, 7) is 3.60. The van der Waals surface area contributed by atoms with Gasteiger partial charge in [0.05, 0.1) is 29.8 Å². The Morgan fingerprint density at radius 2 is 2.23 bits per heavy atom. The average molecular weight is 500 g/mol. The molecule has 2 fully saturated rings. The normalized spacial score (nSPS) is 30.2. The molecule has 0 spiro atoms. The molecule has 7 nitrogen and oxygen atoms in total. The number of amides is 1. The van der Waals surface area contributed by atoms with E-state index < -0.39 is 23.3 Å². The van der Waals surface area contributed by atoms with Crippen LogP contribution in [0.4, 0.5) is 13.2 Å². The number of halogens is 3. The van der Waals surface area contributed by atoms with Crippen molar-refractivity contribution >= 4 is 5.91 Å². The third kappa shape index (κ3) is 5.81. The molecule has 1 aromatic rings. The van der Waals surface area contributed by atoms with Crippen LogP contribution in [0.3, 0.4) is 0 Å². The number of carbonyl (C=O) groups is 1. The van der Waals surface area contributed by atoms with Gasteiger partial charge in [-0.05, 0) is 50.2 Å². The Morgan fingerprint density at radius 1 is 1.43 bits per heavy atom. The maximum Gasteiger partial charge on any atom is 0.417 e. The van der Waals surface area contributed by atoms with E-state index >= 15 is 0 Å². The van der Waals surface area contributed by atoms with Crippen LogP contribution < -0.4 is 5.32 Å². The molecule has 5 atom stereocenters. The minimum atomic E-state index is -4.48. The number of alkyl halides is 3. The molecule has 35 heavy (non-hydrogen) atoms. The fourth-order valence-corrected chi connectivity index (χ4v) is 5.86. The topological polar surface area (TPSA) is 83.9 Å². The van der Waals surface area contributed by atoms with Crippen LogP contribution in [0.1, 0.15) is 62.3 Å². The number of hydrogen-bond donors (Lipinski definition) is 2. The first-order valence-corrected chi connectivity index (χ1v) is 12.5. The largest absolute Gasteiger partial charge is 0.417 e. The summed E-state index contributed by atoms with van der Waals surface area (Å²) in [4.78, 5) is 19.6. The first-order valence-electron chi connectivity index (χ1n) is 12.5. The zero-order chi connectivity index (χ0) is 25.2. The van der Waals surface area contributed by atoms with Gasteiger partial charge in [-0.2, -0.15) is 13.2 Å². The van der Waals surface area contributed by atoms with Gasteiger partial charge in [0, 0.05) is 57.2 Å². The van der Waals surface area contributed by atoms with Gasteiger partial charge in [0.15, 0.2) is 0 Å². The molecule has 3 aliphatic rings. The van der Waals surface area contributed by atoms with Crippen molar-refractivity contribution in [2.45, 2.75) is 88.9 Å². The van der Waals surface area contributed by atoms with Crippen molar-refractivity contribution in [3.63, 3.8) is 0 Å². The molecule has 1 saturated carbocycles. The third-order valence-electron chi connectivity index (χ3n) is 7.87. The Balaban J connectivity index is 1.51. The van der Waals surface area contributed by atoms with Crippen LogP contribution in [0.25, 0.3) is 0 Å². The fourth-order valence-electron chi connectivity index (χ4n) is 5.86. The molecule has 1 amide bonds. The monoisotopic (exact) mass is 499 g/mol. The van der Waals surface area contributed by atoms with E-state index in [1.165, 1.54) is 0 Å². The van der Waals surface area contributed by atoms with Gasteiger partial charge in [0.25, 0.3) is 0 Å². The minimum absolute atomic E-state index is 0.0513. The van der Waals surface area contributed by atoms with E-state index in [1.807, 2.05) is 6.92 Å². The number of nitrogens with zero attached hydrogens (tertiary/aromatic N) is 2. The number of aromatic nitrogens is 1. The molecular formula is C25H36F3N3O4. The Kier molecular flexibility index (Phi) is 8.05. The van der Waals surface area contributed by atoms with Crippen LogP contribution in [0.15, 0.2) is 12.3 Å². The summed E-state index contributed by atoms with van der Waals surface area (Å²) >= 11 is 0. The highest BCUT2D eigenvalue weighted by atomic mass is 19.4. The summed E-state index contributed by atoms with van der Waals surface area (Å²) in [6.07, 6.45) is -0.121. The van der Waals surface area contributed by atoms with E-state index in [4.69, 9.17) is 9.47 Å². The zero-order valence-corrected chi connectivity index (χ0v) is 20.4. The van der Waals surface area contributed by atoms with E-state index in [1.54, 1.807) is 12.0 Å². The predicted octanol–water partition coefficient (Wildman–Crippen LogP) is 3.08. The first kappa shape index (κ1) is 26.3. The highest BCUT2D eigenvalue weighted by Gasteiger charge is 2.49. The van der Waals surface area contributed by atoms with E-state index in [-0.39, 0.29) is 30.6 Å².